The molecule has 0 saturated carbocycles. The minimum atomic E-state index is -0.557. The highest BCUT2D eigenvalue weighted by molar-refractivity contribution is 5.66. The van der Waals surface area contributed by atoms with Crippen molar-refractivity contribution >= 4 is 5.97 Å². The van der Waals surface area contributed by atoms with E-state index in [0.29, 0.717) is 0 Å². The van der Waals surface area contributed by atoms with Crippen LogP contribution in [0.2, 0.25) is 0 Å². The van der Waals surface area contributed by atoms with Crippen LogP contribution in [0.15, 0.2) is 0 Å². The van der Waals surface area contributed by atoms with E-state index in [1.54, 1.807) is 0 Å². The average molecular weight is 204 g/mol. The summed E-state index contributed by atoms with van der Waals surface area (Å²) in [4.78, 5) is 10.6. The average Bonchev–Trinajstić information content (AvgIpc) is 2.12. The molecule has 0 radical (unpaired) electrons. The van der Waals surface area contributed by atoms with Crippen LogP contribution in [0.3, 0.4) is 0 Å². The van der Waals surface area contributed by atoms with E-state index in [0.717, 1.165) is 6.42 Å². The molecule has 0 heterocycles. The van der Waals surface area contributed by atoms with E-state index in [4.69, 9.17) is 14.6 Å². The second-order valence-electron chi connectivity index (χ2n) is 3.84. The Bertz CT molecular complexity index is 177. The number of aliphatic hydroxyl groups is 1. The molecule has 0 bridgehead atoms. The molecule has 0 aromatic heterocycles. The fourth-order valence-corrected chi connectivity index (χ4v) is 0.779. The predicted octanol–water partition coefficient (Wildman–Crippen LogP) is 1.12. The maximum atomic E-state index is 10.6. The van der Waals surface area contributed by atoms with Crippen LogP contribution in [0.25, 0.3) is 0 Å². The number of rotatable bonds is 6. The standard InChI is InChI=1S/C10H20O4/c1-5-10(3,4)13-7-9(6-11)14-8(2)12/h9,11H,5-7H2,1-4H3. The molecule has 0 amide bonds. The minimum Gasteiger partial charge on any atom is -0.458 e. The molecule has 4 heteroatoms. The summed E-state index contributed by atoms with van der Waals surface area (Å²) in [5.74, 6) is -0.401. The molecular weight excluding hydrogens is 184 g/mol. The van der Waals surface area contributed by atoms with Crippen molar-refractivity contribution in [1.29, 1.82) is 0 Å². The lowest BCUT2D eigenvalue weighted by Crippen LogP contribution is -2.32. The molecule has 1 atom stereocenters. The largest absolute Gasteiger partial charge is 0.458 e. The summed E-state index contributed by atoms with van der Waals surface area (Å²) in [7, 11) is 0. The third kappa shape index (κ3) is 5.94. The lowest BCUT2D eigenvalue weighted by atomic mass is 10.1. The van der Waals surface area contributed by atoms with E-state index in [-0.39, 0.29) is 18.8 Å². The zero-order chi connectivity index (χ0) is 11.2. The highest BCUT2D eigenvalue weighted by Gasteiger charge is 2.19. The van der Waals surface area contributed by atoms with E-state index >= 15 is 0 Å². The molecule has 0 saturated heterocycles. The highest BCUT2D eigenvalue weighted by Crippen LogP contribution is 2.14. The van der Waals surface area contributed by atoms with E-state index in [9.17, 15) is 4.79 Å². The molecule has 1 unspecified atom stereocenters. The number of hydrogen-bond acceptors (Lipinski definition) is 4. The van der Waals surface area contributed by atoms with Crippen LogP contribution < -0.4 is 0 Å². The predicted molar refractivity (Wildman–Crippen MR) is 53.0 cm³/mol. The van der Waals surface area contributed by atoms with E-state index in [1.165, 1.54) is 6.92 Å². The molecule has 0 aromatic rings. The zero-order valence-corrected chi connectivity index (χ0v) is 9.37. The first-order chi connectivity index (χ1) is 6.41. The van der Waals surface area contributed by atoms with Crippen molar-refractivity contribution in [2.45, 2.75) is 45.8 Å². The van der Waals surface area contributed by atoms with Crippen LogP contribution >= 0.6 is 0 Å². The smallest absolute Gasteiger partial charge is 0.303 e. The quantitative estimate of drug-likeness (QED) is 0.659. The van der Waals surface area contributed by atoms with Crippen molar-refractivity contribution in [3.63, 3.8) is 0 Å². The molecule has 0 fully saturated rings. The molecule has 1 N–H and O–H groups in total. The Morgan fingerprint density at radius 2 is 2.07 bits per heavy atom. The maximum absolute atomic E-state index is 10.6. The first-order valence-electron chi connectivity index (χ1n) is 4.83. The number of carbonyl (C=O) groups is 1. The summed E-state index contributed by atoms with van der Waals surface area (Å²) in [6.07, 6.45) is 0.309. The van der Waals surface area contributed by atoms with Gasteiger partial charge in [-0.3, -0.25) is 4.79 Å². The first kappa shape index (κ1) is 13.4. The minimum absolute atomic E-state index is 0.209. The van der Waals surface area contributed by atoms with Crippen LogP contribution in [0, 0.1) is 0 Å². The van der Waals surface area contributed by atoms with Gasteiger partial charge >= 0.3 is 5.97 Å². The van der Waals surface area contributed by atoms with Gasteiger partial charge in [-0.25, -0.2) is 0 Å². The molecule has 14 heavy (non-hydrogen) atoms. The molecule has 4 nitrogen and oxygen atoms in total. The molecule has 0 aliphatic rings. The van der Waals surface area contributed by atoms with Crippen LogP contribution in [0.4, 0.5) is 0 Å². The lowest BCUT2D eigenvalue weighted by Gasteiger charge is -2.26. The van der Waals surface area contributed by atoms with Crippen LogP contribution in [-0.2, 0) is 14.3 Å². The fraction of sp³-hybridized carbons (Fsp3) is 0.900. The highest BCUT2D eigenvalue weighted by atomic mass is 16.6. The van der Waals surface area contributed by atoms with Crippen LogP contribution in [-0.4, -0.2) is 36.0 Å². The Morgan fingerprint density at radius 1 is 1.50 bits per heavy atom. The Morgan fingerprint density at radius 3 is 2.43 bits per heavy atom. The van der Waals surface area contributed by atoms with Gasteiger partial charge in [0, 0.05) is 6.92 Å². The van der Waals surface area contributed by atoms with Crippen molar-refractivity contribution in [2.75, 3.05) is 13.2 Å². The van der Waals surface area contributed by atoms with Gasteiger partial charge < -0.3 is 14.6 Å². The molecule has 0 aliphatic carbocycles. The third-order valence-corrected chi connectivity index (χ3v) is 2.05. The van der Waals surface area contributed by atoms with E-state index < -0.39 is 12.1 Å². The Hall–Kier alpha value is -0.610. The van der Waals surface area contributed by atoms with Crippen molar-refractivity contribution in [1.82, 2.24) is 0 Å². The van der Waals surface area contributed by atoms with Gasteiger partial charge in [-0.15, -0.1) is 0 Å². The van der Waals surface area contributed by atoms with Crippen molar-refractivity contribution in [2.24, 2.45) is 0 Å². The number of ether oxygens (including phenoxy) is 2. The lowest BCUT2D eigenvalue weighted by molar-refractivity contribution is -0.156. The normalized spacial score (nSPS) is 13.8. The number of aliphatic hydroxyl groups excluding tert-OH is 1. The second kappa shape index (κ2) is 5.98. The summed E-state index contributed by atoms with van der Waals surface area (Å²) in [6.45, 7) is 7.26. The maximum Gasteiger partial charge on any atom is 0.303 e. The van der Waals surface area contributed by atoms with Crippen LogP contribution in [0.1, 0.15) is 34.1 Å². The van der Waals surface area contributed by atoms with E-state index in [2.05, 4.69) is 0 Å². The molecule has 0 rings (SSSR count). The summed E-state index contributed by atoms with van der Waals surface area (Å²) < 4.78 is 10.3. The van der Waals surface area contributed by atoms with Gasteiger partial charge in [-0.2, -0.15) is 0 Å². The van der Waals surface area contributed by atoms with Gasteiger partial charge in [-0.05, 0) is 20.3 Å². The summed E-state index contributed by atoms with van der Waals surface area (Å²) >= 11 is 0. The fourth-order valence-electron chi connectivity index (χ4n) is 0.779. The summed E-state index contributed by atoms with van der Waals surface area (Å²) in [5, 5.41) is 8.89. The number of carbonyl (C=O) groups excluding carboxylic acids is 1. The van der Waals surface area contributed by atoms with Gasteiger partial charge in [-0.1, -0.05) is 6.92 Å². The van der Waals surface area contributed by atoms with Crippen molar-refractivity contribution in [3.05, 3.63) is 0 Å². The molecule has 84 valence electrons. The Kier molecular flexibility index (Phi) is 5.72. The second-order valence-corrected chi connectivity index (χ2v) is 3.84. The van der Waals surface area contributed by atoms with Gasteiger partial charge in [0.05, 0.1) is 18.8 Å². The van der Waals surface area contributed by atoms with Gasteiger partial charge in [0.2, 0.25) is 0 Å². The Balaban J connectivity index is 3.89. The summed E-state index contributed by atoms with van der Waals surface area (Å²) in [6, 6.07) is 0. The number of hydrogen-bond donors (Lipinski definition) is 1. The molecule has 0 spiro atoms. The SMILES string of the molecule is CCC(C)(C)OCC(CO)OC(C)=O. The summed E-state index contributed by atoms with van der Waals surface area (Å²) in [5.41, 5.74) is -0.242. The molecule has 0 aliphatic heterocycles. The van der Waals surface area contributed by atoms with Crippen molar-refractivity contribution < 1.29 is 19.4 Å². The zero-order valence-electron chi connectivity index (χ0n) is 9.37. The van der Waals surface area contributed by atoms with Crippen molar-refractivity contribution in [3.8, 4) is 0 Å². The van der Waals surface area contributed by atoms with Gasteiger partial charge in [0.1, 0.15) is 6.10 Å². The van der Waals surface area contributed by atoms with Crippen LogP contribution in [0.5, 0.6) is 0 Å². The van der Waals surface area contributed by atoms with Gasteiger partial charge in [0.25, 0.3) is 0 Å². The third-order valence-electron chi connectivity index (χ3n) is 2.05. The topological polar surface area (TPSA) is 55.8 Å². The number of esters is 1. The molecule has 0 aromatic carbocycles. The van der Waals surface area contributed by atoms with E-state index in [1.807, 2.05) is 20.8 Å². The van der Waals surface area contributed by atoms with Gasteiger partial charge in [0.15, 0.2) is 0 Å². The molecular formula is C10H20O4. The monoisotopic (exact) mass is 204 g/mol. The Labute approximate surface area is 85.2 Å². The first-order valence-corrected chi connectivity index (χ1v) is 4.83.